The van der Waals surface area contributed by atoms with Gasteiger partial charge >= 0.3 is 5.97 Å². The van der Waals surface area contributed by atoms with Crippen LogP contribution in [0.4, 0.5) is 0 Å². The zero-order valence-electron chi connectivity index (χ0n) is 10.3. The summed E-state index contributed by atoms with van der Waals surface area (Å²) in [7, 11) is 0. The van der Waals surface area contributed by atoms with Gasteiger partial charge in [0, 0.05) is 23.9 Å². The molecule has 1 aliphatic heterocycles. The molecule has 1 fully saturated rings. The molecule has 1 aliphatic rings. The van der Waals surface area contributed by atoms with Gasteiger partial charge in [-0.1, -0.05) is 13.0 Å². The van der Waals surface area contributed by atoms with E-state index in [1.54, 1.807) is 16.2 Å². The summed E-state index contributed by atoms with van der Waals surface area (Å²) in [5, 5.41) is 10.9. The van der Waals surface area contributed by atoms with Crippen molar-refractivity contribution in [1.29, 1.82) is 0 Å². The van der Waals surface area contributed by atoms with E-state index in [0.29, 0.717) is 19.5 Å². The van der Waals surface area contributed by atoms with E-state index in [-0.39, 0.29) is 17.7 Å². The molecule has 98 valence electrons. The maximum absolute atomic E-state index is 12.2. The third kappa shape index (κ3) is 2.90. The molecular weight excluding hydrogens is 250 g/mol. The van der Waals surface area contributed by atoms with Crippen molar-refractivity contribution in [2.75, 3.05) is 13.1 Å². The summed E-state index contributed by atoms with van der Waals surface area (Å²) >= 11 is 1.65. The van der Waals surface area contributed by atoms with E-state index in [2.05, 4.69) is 0 Å². The number of thiophene rings is 1. The first kappa shape index (κ1) is 13.1. The van der Waals surface area contributed by atoms with E-state index in [4.69, 9.17) is 5.11 Å². The molecule has 1 aromatic heterocycles. The molecule has 0 spiro atoms. The lowest BCUT2D eigenvalue weighted by Gasteiger charge is -2.20. The first-order valence-electron chi connectivity index (χ1n) is 6.12. The van der Waals surface area contributed by atoms with Crippen LogP contribution in [0.3, 0.4) is 0 Å². The number of carbonyl (C=O) groups is 2. The van der Waals surface area contributed by atoms with Gasteiger partial charge in [0.25, 0.3) is 0 Å². The molecular formula is C13H17NO3S. The molecule has 2 atom stereocenters. The third-order valence-electron chi connectivity index (χ3n) is 3.36. The predicted molar refractivity (Wildman–Crippen MR) is 69.5 cm³/mol. The largest absolute Gasteiger partial charge is 0.481 e. The third-order valence-corrected chi connectivity index (χ3v) is 4.26. The Morgan fingerprint density at radius 3 is 2.94 bits per heavy atom. The summed E-state index contributed by atoms with van der Waals surface area (Å²) in [6, 6.07) is 4.01. The van der Waals surface area contributed by atoms with Crippen molar-refractivity contribution in [1.82, 2.24) is 4.90 Å². The fourth-order valence-corrected chi connectivity index (χ4v) is 3.13. The lowest BCUT2D eigenvalue weighted by Crippen LogP contribution is -2.34. The van der Waals surface area contributed by atoms with Crippen molar-refractivity contribution in [2.24, 2.45) is 11.8 Å². The Kier molecular flexibility index (Phi) is 4.01. The van der Waals surface area contributed by atoms with Crippen LogP contribution < -0.4 is 0 Å². The van der Waals surface area contributed by atoms with Crippen molar-refractivity contribution in [3.8, 4) is 0 Å². The number of carboxylic acids is 1. The van der Waals surface area contributed by atoms with E-state index in [1.165, 1.54) is 4.88 Å². The average Bonchev–Trinajstić information content (AvgIpc) is 2.98. The van der Waals surface area contributed by atoms with E-state index in [1.807, 2.05) is 24.4 Å². The molecule has 5 heteroatoms. The predicted octanol–water partition coefficient (Wildman–Crippen LogP) is 1.86. The Labute approximate surface area is 110 Å². The highest BCUT2D eigenvalue weighted by Gasteiger charge is 2.32. The standard InChI is InChI=1S/C13H17NO3S/c1-9(7-11-3-2-6-18-11)12(15)14-5-4-10(8-14)13(16)17/h2-3,6,9-10H,4-5,7-8H2,1H3,(H,16,17)/t9-,10+/m0/s1. The van der Waals surface area contributed by atoms with Crippen LogP contribution >= 0.6 is 11.3 Å². The lowest BCUT2D eigenvalue weighted by molar-refractivity contribution is -0.141. The molecule has 2 heterocycles. The summed E-state index contributed by atoms with van der Waals surface area (Å²) in [6.07, 6.45) is 1.32. The van der Waals surface area contributed by atoms with Crippen LogP contribution in [0.2, 0.25) is 0 Å². The first-order valence-corrected chi connectivity index (χ1v) is 7.00. The first-order chi connectivity index (χ1) is 8.58. The van der Waals surface area contributed by atoms with Gasteiger partial charge in [-0.05, 0) is 24.3 Å². The molecule has 18 heavy (non-hydrogen) atoms. The van der Waals surface area contributed by atoms with Crippen LogP contribution in [0, 0.1) is 11.8 Å². The van der Waals surface area contributed by atoms with Gasteiger partial charge in [0.15, 0.2) is 0 Å². The molecule has 1 saturated heterocycles. The molecule has 1 N–H and O–H groups in total. The molecule has 0 bridgehead atoms. The number of hydrogen-bond donors (Lipinski definition) is 1. The minimum Gasteiger partial charge on any atom is -0.481 e. The zero-order valence-corrected chi connectivity index (χ0v) is 11.2. The molecule has 0 aromatic carbocycles. The van der Waals surface area contributed by atoms with Gasteiger partial charge < -0.3 is 10.0 Å². The van der Waals surface area contributed by atoms with Crippen LogP contribution in [-0.4, -0.2) is 35.0 Å². The van der Waals surface area contributed by atoms with Crippen molar-refractivity contribution >= 4 is 23.2 Å². The number of likely N-dealkylation sites (tertiary alicyclic amines) is 1. The van der Waals surface area contributed by atoms with Crippen LogP contribution in [0.5, 0.6) is 0 Å². The molecule has 1 amide bonds. The van der Waals surface area contributed by atoms with E-state index >= 15 is 0 Å². The van der Waals surface area contributed by atoms with Crippen LogP contribution in [0.25, 0.3) is 0 Å². The van der Waals surface area contributed by atoms with Gasteiger partial charge in [-0.3, -0.25) is 9.59 Å². The second-order valence-corrected chi connectivity index (χ2v) is 5.82. The quantitative estimate of drug-likeness (QED) is 0.906. The number of carboxylic acid groups (broad SMARTS) is 1. The van der Waals surface area contributed by atoms with Gasteiger partial charge in [0.1, 0.15) is 0 Å². The Bertz CT molecular complexity index is 429. The summed E-state index contributed by atoms with van der Waals surface area (Å²) in [5.41, 5.74) is 0. The van der Waals surface area contributed by atoms with Crippen LogP contribution in [0.1, 0.15) is 18.2 Å². The highest BCUT2D eigenvalue weighted by atomic mass is 32.1. The Hall–Kier alpha value is -1.36. The fraction of sp³-hybridized carbons (Fsp3) is 0.538. The molecule has 0 saturated carbocycles. The molecule has 0 unspecified atom stereocenters. The Balaban J connectivity index is 1.90. The number of carbonyl (C=O) groups excluding carboxylic acids is 1. The highest BCUT2D eigenvalue weighted by molar-refractivity contribution is 7.09. The minimum absolute atomic E-state index is 0.0730. The number of hydrogen-bond acceptors (Lipinski definition) is 3. The van der Waals surface area contributed by atoms with Crippen LogP contribution in [-0.2, 0) is 16.0 Å². The van der Waals surface area contributed by atoms with Gasteiger partial charge in [-0.25, -0.2) is 0 Å². The minimum atomic E-state index is -0.795. The van der Waals surface area contributed by atoms with Crippen LogP contribution in [0.15, 0.2) is 17.5 Å². The number of aliphatic carboxylic acids is 1. The number of nitrogens with zero attached hydrogens (tertiary/aromatic N) is 1. The van der Waals surface area contributed by atoms with Gasteiger partial charge in [-0.15, -0.1) is 11.3 Å². The molecule has 1 aromatic rings. The molecule has 4 nitrogen and oxygen atoms in total. The Morgan fingerprint density at radius 2 is 2.39 bits per heavy atom. The maximum atomic E-state index is 12.2. The van der Waals surface area contributed by atoms with Gasteiger partial charge in [0.05, 0.1) is 5.92 Å². The van der Waals surface area contributed by atoms with Crippen molar-refractivity contribution < 1.29 is 14.7 Å². The SMILES string of the molecule is C[C@@H](Cc1cccs1)C(=O)N1CC[C@@H](C(=O)O)C1. The van der Waals surface area contributed by atoms with Crippen molar-refractivity contribution in [3.63, 3.8) is 0 Å². The summed E-state index contributed by atoms with van der Waals surface area (Å²) in [6.45, 7) is 2.85. The van der Waals surface area contributed by atoms with E-state index in [0.717, 1.165) is 6.42 Å². The molecule has 0 radical (unpaired) electrons. The number of amides is 1. The van der Waals surface area contributed by atoms with E-state index < -0.39 is 5.97 Å². The second-order valence-electron chi connectivity index (χ2n) is 4.79. The van der Waals surface area contributed by atoms with Crippen molar-refractivity contribution in [2.45, 2.75) is 19.8 Å². The second kappa shape index (κ2) is 5.52. The summed E-state index contributed by atoms with van der Waals surface area (Å²) < 4.78 is 0. The normalized spacial score (nSPS) is 20.9. The molecule has 0 aliphatic carbocycles. The topological polar surface area (TPSA) is 57.6 Å². The zero-order chi connectivity index (χ0) is 13.1. The summed E-state index contributed by atoms with van der Waals surface area (Å²) in [4.78, 5) is 25.9. The highest BCUT2D eigenvalue weighted by Crippen LogP contribution is 2.21. The monoisotopic (exact) mass is 267 g/mol. The smallest absolute Gasteiger partial charge is 0.308 e. The molecule has 2 rings (SSSR count). The Morgan fingerprint density at radius 1 is 1.61 bits per heavy atom. The van der Waals surface area contributed by atoms with Gasteiger partial charge in [0.2, 0.25) is 5.91 Å². The number of rotatable bonds is 4. The lowest BCUT2D eigenvalue weighted by atomic mass is 10.1. The maximum Gasteiger partial charge on any atom is 0.308 e. The fourth-order valence-electron chi connectivity index (χ4n) is 2.29. The van der Waals surface area contributed by atoms with Gasteiger partial charge in [-0.2, -0.15) is 0 Å². The van der Waals surface area contributed by atoms with Crippen molar-refractivity contribution in [3.05, 3.63) is 22.4 Å². The summed E-state index contributed by atoms with van der Waals surface area (Å²) in [5.74, 6) is -1.18. The average molecular weight is 267 g/mol. The van der Waals surface area contributed by atoms with E-state index in [9.17, 15) is 9.59 Å².